The second-order valence-electron chi connectivity index (χ2n) is 3.49. The van der Waals surface area contributed by atoms with E-state index in [1.165, 1.54) is 0 Å². The molecule has 1 aromatic carbocycles. The molecule has 0 fully saturated rings. The molecular weight excluding hydrogens is 204 g/mol. The summed E-state index contributed by atoms with van der Waals surface area (Å²) >= 11 is 0. The van der Waals surface area contributed by atoms with Crippen LogP contribution in [-0.4, -0.2) is 26.2 Å². The van der Waals surface area contributed by atoms with E-state index in [0.29, 0.717) is 12.2 Å². The molecule has 88 valence electrons. The lowest BCUT2D eigenvalue weighted by Gasteiger charge is -2.06. The van der Waals surface area contributed by atoms with Gasteiger partial charge < -0.3 is 15.2 Å². The largest absolute Gasteiger partial charge is 0.494 e. The van der Waals surface area contributed by atoms with Gasteiger partial charge in [0, 0.05) is 19.3 Å². The van der Waals surface area contributed by atoms with Gasteiger partial charge in [-0.25, -0.2) is 0 Å². The summed E-state index contributed by atoms with van der Waals surface area (Å²) in [6, 6.07) is 7.22. The maximum absolute atomic E-state index is 7.24. The van der Waals surface area contributed by atoms with Crippen molar-refractivity contribution < 1.29 is 9.47 Å². The number of hydrogen-bond donors (Lipinski definition) is 2. The van der Waals surface area contributed by atoms with Crippen LogP contribution in [0.5, 0.6) is 5.75 Å². The number of unbranched alkanes of at least 4 members (excludes halogenated alkanes) is 1. The number of rotatable bonds is 7. The van der Waals surface area contributed by atoms with Gasteiger partial charge in [0.2, 0.25) is 0 Å². The molecule has 3 N–H and O–H groups in total. The molecule has 0 unspecified atom stereocenters. The maximum atomic E-state index is 7.24. The Kier molecular flexibility index (Phi) is 5.36. The fraction of sp³-hybridized carbons (Fsp3) is 0.417. The van der Waals surface area contributed by atoms with Gasteiger partial charge in [0.1, 0.15) is 11.6 Å². The van der Waals surface area contributed by atoms with Crippen LogP contribution in [0.3, 0.4) is 0 Å². The third kappa shape index (κ3) is 4.31. The van der Waals surface area contributed by atoms with Gasteiger partial charge in [-0.15, -0.1) is 0 Å². The number of amidine groups is 1. The summed E-state index contributed by atoms with van der Waals surface area (Å²) in [6.07, 6.45) is 1.98. The van der Waals surface area contributed by atoms with Gasteiger partial charge >= 0.3 is 0 Å². The number of nitrogens with one attached hydrogen (secondary N) is 1. The molecule has 0 bridgehead atoms. The molecule has 0 aromatic heterocycles. The van der Waals surface area contributed by atoms with E-state index in [1.54, 1.807) is 19.2 Å². The first-order valence-corrected chi connectivity index (χ1v) is 5.30. The summed E-state index contributed by atoms with van der Waals surface area (Å²) < 4.78 is 10.5. The highest BCUT2D eigenvalue weighted by molar-refractivity contribution is 5.94. The Morgan fingerprint density at radius 3 is 2.38 bits per heavy atom. The Labute approximate surface area is 95.9 Å². The van der Waals surface area contributed by atoms with Crippen molar-refractivity contribution in [2.24, 2.45) is 5.73 Å². The van der Waals surface area contributed by atoms with Crippen LogP contribution in [-0.2, 0) is 4.74 Å². The average molecular weight is 222 g/mol. The monoisotopic (exact) mass is 222 g/mol. The van der Waals surface area contributed by atoms with E-state index in [2.05, 4.69) is 0 Å². The second-order valence-corrected chi connectivity index (χ2v) is 3.49. The van der Waals surface area contributed by atoms with E-state index >= 15 is 0 Å². The lowest BCUT2D eigenvalue weighted by atomic mass is 10.2. The zero-order valence-electron chi connectivity index (χ0n) is 9.53. The zero-order valence-corrected chi connectivity index (χ0v) is 9.53. The number of methoxy groups -OCH3 is 1. The number of nitrogens with two attached hydrogens (primary N) is 1. The molecule has 0 spiro atoms. The Balaban J connectivity index is 2.29. The molecule has 0 saturated carbocycles. The van der Waals surface area contributed by atoms with Gasteiger partial charge in [-0.05, 0) is 37.1 Å². The predicted molar refractivity (Wildman–Crippen MR) is 64.1 cm³/mol. The number of nitrogen functional groups attached to an aromatic ring is 1. The van der Waals surface area contributed by atoms with Crippen molar-refractivity contribution in [3.05, 3.63) is 29.8 Å². The summed E-state index contributed by atoms with van der Waals surface area (Å²) in [5, 5.41) is 7.24. The molecule has 1 aromatic rings. The van der Waals surface area contributed by atoms with Gasteiger partial charge in [-0.2, -0.15) is 0 Å². The fourth-order valence-electron chi connectivity index (χ4n) is 1.27. The molecule has 0 radical (unpaired) electrons. The average Bonchev–Trinajstić information content (AvgIpc) is 2.29. The molecule has 16 heavy (non-hydrogen) atoms. The lowest BCUT2D eigenvalue weighted by molar-refractivity contribution is 0.184. The molecule has 0 amide bonds. The van der Waals surface area contributed by atoms with Crippen molar-refractivity contribution in [2.45, 2.75) is 12.8 Å². The maximum Gasteiger partial charge on any atom is 0.122 e. The first-order valence-electron chi connectivity index (χ1n) is 5.30. The topological polar surface area (TPSA) is 68.3 Å². The smallest absolute Gasteiger partial charge is 0.122 e. The molecule has 0 heterocycles. The molecule has 0 aliphatic heterocycles. The molecule has 0 aliphatic carbocycles. The number of hydrogen-bond acceptors (Lipinski definition) is 3. The summed E-state index contributed by atoms with van der Waals surface area (Å²) in [6.45, 7) is 1.45. The van der Waals surface area contributed by atoms with Crippen LogP contribution in [0.2, 0.25) is 0 Å². The van der Waals surface area contributed by atoms with Crippen LogP contribution in [0.4, 0.5) is 0 Å². The second kappa shape index (κ2) is 6.85. The van der Waals surface area contributed by atoms with Crippen molar-refractivity contribution in [3.8, 4) is 5.75 Å². The van der Waals surface area contributed by atoms with Gasteiger partial charge in [0.05, 0.1) is 6.61 Å². The Morgan fingerprint density at radius 1 is 1.19 bits per heavy atom. The third-order valence-corrected chi connectivity index (χ3v) is 2.18. The van der Waals surface area contributed by atoms with E-state index in [-0.39, 0.29) is 5.84 Å². The quantitative estimate of drug-likeness (QED) is 0.420. The summed E-state index contributed by atoms with van der Waals surface area (Å²) in [7, 11) is 1.70. The van der Waals surface area contributed by atoms with Crippen molar-refractivity contribution >= 4 is 5.84 Å². The molecule has 1 rings (SSSR count). The molecule has 4 nitrogen and oxygen atoms in total. The van der Waals surface area contributed by atoms with E-state index in [4.69, 9.17) is 20.6 Å². The molecule has 0 aliphatic rings. The molecular formula is C12H18N2O2. The summed E-state index contributed by atoms with van der Waals surface area (Å²) in [4.78, 5) is 0. The van der Waals surface area contributed by atoms with Gasteiger partial charge in [0.25, 0.3) is 0 Å². The minimum absolute atomic E-state index is 0.0756. The van der Waals surface area contributed by atoms with E-state index in [0.717, 1.165) is 25.2 Å². The van der Waals surface area contributed by atoms with Gasteiger partial charge in [-0.3, -0.25) is 5.41 Å². The normalized spacial score (nSPS) is 10.1. The molecule has 4 heteroatoms. The van der Waals surface area contributed by atoms with E-state index in [1.807, 2.05) is 12.1 Å². The first-order chi connectivity index (χ1) is 7.74. The minimum Gasteiger partial charge on any atom is -0.494 e. The highest BCUT2D eigenvalue weighted by Crippen LogP contribution is 2.12. The third-order valence-electron chi connectivity index (χ3n) is 2.18. The SMILES string of the molecule is COCCCCOc1ccc(C(=N)N)cc1. The minimum atomic E-state index is 0.0756. The van der Waals surface area contributed by atoms with Crippen LogP contribution in [0.15, 0.2) is 24.3 Å². The predicted octanol–water partition coefficient (Wildman–Crippen LogP) is 1.78. The van der Waals surface area contributed by atoms with Crippen LogP contribution >= 0.6 is 0 Å². The summed E-state index contributed by atoms with van der Waals surface area (Å²) in [5.74, 6) is 0.883. The molecule has 0 atom stereocenters. The fourth-order valence-corrected chi connectivity index (χ4v) is 1.27. The summed E-state index contributed by atoms with van der Waals surface area (Å²) in [5.41, 5.74) is 6.06. The lowest BCUT2D eigenvalue weighted by Crippen LogP contribution is -2.10. The Morgan fingerprint density at radius 2 is 1.81 bits per heavy atom. The van der Waals surface area contributed by atoms with E-state index < -0.39 is 0 Å². The number of ether oxygens (including phenoxy) is 2. The van der Waals surface area contributed by atoms with Crippen molar-refractivity contribution in [2.75, 3.05) is 20.3 Å². The first kappa shape index (κ1) is 12.5. The van der Waals surface area contributed by atoms with E-state index in [9.17, 15) is 0 Å². The van der Waals surface area contributed by atoms with Crippen molar-refractivity contribution in [1.29, 1.82) is 5.41 Å². The highest BCUT2D eigenvalue weighted by atomic mass is 16.5. The van der Waals surface area contributed by atoms with Gasteiger partial charge in [0.15, 0.2) is 0 Å². The van der Waals surface area contributed by atoms with Crippen LogP contribution in [0.25, 0.3) is 0 Å². The van der Waals surface area contributed by atoms with Crippen molar-refractivity contribution in [3.63, 3.8) is 0 Å². The number of benzene rings is 1. The Bertz CT molecular complexity index is 322. The van der Waals surface area contributed by atoms with Crippen LogP contribution in [0.1, 0.15) is 18.4 Å². The van der Waals surface area contributed by atoms with Crippen LogP contribution in [0, 0.1) is 5.41 Å². The molecule has 0 saturated heterocycles. The van der Waals surface area contributed by atoms with Crippen LogP contribution < -0.4 is 10.5 Å². The highest BCUT2D eigenvalue weighted by Gasteiger charge is 1.97. The van der Waals surface area contributed by atoms with Gasteiger partial charge in [-0.1, -0.05) is 0 Å². The standard InChI is InChI=1S/C12H18N2O2/c1-15-8-2-3-9-16-11-6-4-10(5-7-11)12(13)14/h4-7H,2-3,8-9H2,1H3,(H3,13,14). The van der Waals surface area contributed by atoms with Crippen molar-refractivity contribution in [1.82, 2.24) is 0 Å². The zero-order chi connectivity index (χ0) is 11.8. The Hall–Kier alpha value is -1.55.